The van der Waals surface area contributed by atoms with E-state index < -0.39 is 5.97 Å². The monoisotopic (exact) mass is 276 g/mol. The molecule has 1 aromatic heterocycles. The first-order chi connectivity index (χ1) is 9.51. The smallest absolute Gasteiger partial charge is 0.335 e. The molecule has 2 heterocycles. The van der Waals surface area contributed by atoms with Crippen LogP contribution < -0.4 is 4.90 Å². The van der Waals surface area contributed by atoms with Gasteiger partial charge in [0.2, 0.25) is 0 Å². The number of rotatable bonds is 4. The molecule has 0 bridgehead atoms. The molecule has 1 unspecified atom stereocenters. The van der Waals surface area contributed by atoms with Crippen molar-refractivity contribution in [2.45, 2.75) is 46.0 Å². The zero-order valence-corrected chi connectivity index (χ0v) is 12.6. The van der Waals surface area contributed by atoms with Crippen molar-refractivity contribution in [3.63, 3.8) is 0 Å². The Hall–Kier alpha value is -1.58. The predicted octanol–water partition coefficient (Wildman–Crippen LogP) is 3.53. The second kappa shape index (κ2) is 6.25. The minimum Gasteiger partial charge on any atom is -0.478 e. The first-order valence-electron chi connectivity index (χ1n) is 7.51. The fourth-order valence-corrected chi connectivity index (χ4v) is 2.72. The highest BCUT2D eigenvalue weighted by Gasteiger charge is 2.21. The van der Waals surface area contributed by atoms with Crippen molar-refractivity contribution in [1.29, 1.82) is 0 Å². The van der Waals surface area contributed by atoms with Gasteiger partial charge in [-0.25, -0.2) is 9.78 Å². The van der Waals surface area contributed by atoms with Gasteiger partial charge in [0.1, 0.15) is 5.82 Å². The molecule has 0 aliphatic carbocycles. The lowest BCUT2D eigenvalue weighted by atomic mass is 9.95. The topological polar surface area (TPSA) is 53.4 Å². The average Bonchev–Trinajstić information content (AvgIpc) is 2.46. The van der Waals surface area contributed by atoms with Crippen LogP contribution >= 0.6 is 0 Å². The van der Waals surface area contributed by atoms with Gasteiger partial charge < -0.3 is 10.0 Å². The summed E-state index contributed by atoms with van der Waals surface area (Å²) >= 11 is 0. The lowest BCUT2D eigenvalue weighted by molar-refractivity contribution is 0.0696. The SMILES string of the molecule is CCC1CCCN(c2cc(C(=O)O)cc(C(C)C)n2)C1. The fraction of sp³-hybridized carbons (Fsp3) is 0.625. The Kier molecular flexibility index (Phi) is 4.63. The van der Waals surface area contributed by atoms with E-state index in [9.17, 15) is 9.90 Å². The third-order valence-electron chi connectivity index (χ3n) is 4.09. The maximum absolute atomic E-state index is 11.3. The molecule has 0 radical (unpaired) electrons. The summed E-state index contributed by atoms with van der Waals surface area (Å²) in [6.45, 7) is 8.27. The number of hydrogen-bond acceptors (Lipinski definition) is 3. The molecule has 1 N–H and O–H groups in total. The number of anilines is 1. The number of carbonyl (C=O) groups is 1. The van der Waals surface area contributed by atoms with E-state index >= 15 is 0 Å². The maximum Gasteiger partial charge on any atom is 0.335 e. The number of carboxylic acids is 1. The first-order valence-corrected chi connectivity index (χ1v) is 7.51. The van der Waals surface area contributed by atoms with Crippen LogP contribution in [0.4, 0.5) is 5.82 Å². The minimum absolute atomic E-state index is 0.236. The molecule has 1 aliphatic heterocycles. The number of hydrogen-bond donors (Lipinski definition) is 1. The fourth-order valence-electron chi connectivity index (χ4n) is 2.72. The quantitative estimate of drug-likeness (QED) is 0.914. The molecule has 4 nitrogen and oxygen atoms in total. The molecule has 20 heavy (non-hydrogen) atoms. The van der Waals surface area contributed by atoms with Crippen LogP contribution in [0.1, 0.15) is 62.0 Å². The highest BCUT2D eigenvalue weighted by molar-refractivity contribution is 5.88. The van der Waals surface area contributed by atoms with Crippen LogP contribution in [0.25, 0.3) is 0 Å². The third-order valence-corrected chi connectivity index (χ3v) is 4.09. The van der Waals surface area contributed by atoms with Gasteiger partial charge in [0.05, 0.1) is 5.56 Å². The third kappa shape index (κ3) is 3.30. The molecule has 4 heteroatoms. The second-order valence-electron chi connectivity index (χ2n) is 5.96. The first kappa shape index (κ1) is 14.8. The van der Waals surface area contributed by atoms with Crippen molar-refractivity contribution in [3.8, 4) is 0 Å². The molecule has 1 saturated heterocycles. The van der Waals surface area contributed by atoms with Gasteiger partial charge in [-0.05, 0) is 36.8 Å². The highest BCUT2D eigenvalue weighted by Crippen LogP contribution is 2.26. The van der Waals surface area contributed by atoms with Crippen LogP contribution in [-0.2, 0) is 0 Å². The largest absolute Gasteiger partial charge is 0.478 e. The van der Waals surface area contributed by atoms with Crippen LogP contribution in [-0.4, -0.2) is 29.1 Å². The molecule has 1 aliphatic rings. The van der Waals surface area contributed by atoms with Crippen molar-refractivity contribution in [2.24, 2.45) is 5.92 Å². The zero-order chi connectivity index (χ0) is 14.7. The van der Waals surface area contributed by atoms with Gasteiger partial charge in [0.25, 0.3) is 0 Å². The lowest BCUT2D eigenvalue weighted by Crippen LogP contribution is -2.36. The van der Waals surface area contributed by atoms with Crippen LogP contribution in [0, 0.1) is 5.92 Å². The number of pyridine rings is 1. The van der Waals surface area contributed by atoms with Gasteiger partial charge in [-0.15, -0.1) is 0 Å². The van der Waals surface area contributed by atoms with Crippen molar-refractivity contribution in [3.05, 3.63) is 23.4 Å². The van der Waals surface area contributed by atoms with Crippen molar-refractivity contribution in [2.75, 3.05) is 18.0 Å². The molecule has 0 saturated carbocycles. The molecule has 1 aromatic rings. The number of nitrogens with zero attached hydrogens (tertiary/aromatic N) is 2. The van der Waals surface area contributed by atoms with Crippen LogP contribution in [0.2, 0.25) is 0 Å². The molecule has 0 amide bonds. The molecule has 2 rings (SSSR count). The summed E-state index contributed by atoms with van der Waals surface area (Å²) in [7, 11) is 0. The van der Waals surface area contributed by atoms with E-state index in [2.05, 4.69) is 16.8 Å². The average molecular weight is 276 g/mol. The molecule has 1 fully saturated rings. The Balaban J connectivity index is 2.32. The second-order valence-corrected chi connectivity index (χ2v) is 5.96. The van der Waals surface area contributed by atoms with Crippen LogP contribution in [0.5, 0.6) is 0 Å². The summed E-state index contributed by atoms with van der Waals surface area (Å²) in [5.41, 5.74) is 1.20. The Labute approximate surface area is 120 Å². The van der Waals surface area contributed by atoms with E-state index in [-0.39, 0.29) is 5.92 Å². The van der Waals surface area contributed by atoms with E-state index in [0.717, 1.165) is 31.0 Å². The van der Waals surface area contributed by atoms with Gasteiger partial charge in [-0.1, -0.05) is 27.2 Å². The van der Waals surface area contributed by atoms with Crippen LogP contribution in [0.15, 0.2) is 12.1 Å². The molecule has 110 valence electrons. The standard InChI is InChI=1S/C16H24N2O2/c1-4-12-6-5-7-18(10-12)15-9-13(16(19)20)8-14(17-15)11(2)3/h8-9,11-12H,4-7,10H2,1-3H3,(H,19,20). The highest BCUT2D eigenvalue weighted by atomic mass is 16.4. The van der Waals surface area contributed by atoms with E-state index in [1.807, 2.05) is 13.8 Å². The van der Waals surface area contributed by atoms with Crippen molar-refractivity contribution < 1.29 is 9.90 Å². The van der Waals surface area contributed by atoms with Gasteiger partial charge in [0.15, 0.2) is 0 Å². The predicted molar refractivity (Wildman–Crippen MR) is 80.5 cm³/mol. The Bertz CT molecular complexity index is 485. The molecular weight excluding hydrogens is 252 g/mol. The number of carboxylic acid groups (broad SMARTS) is 1. The Morgan fingerprint density at radius 1 is 1.50 bits per heavy atom. The van der Waals surface area contributed by atoms with Crippen molar-refractivity contribution >= 4 is 11.8 Å². The number of piperidine rings is 1. The minimum atomic E-state index is -0.875. The summed E-state index contributed by atoms with van der Waals surface area (Å²) in [5.74, 6) is 0.882. The van der Waals surface area contributed by atoms with Crippen LogP contribution in [0.3, 0.4) is 0 Å². The van der Waals surface area contributed by atoms with Gasteiger partial charge >= 0.3 is 5.97 Å². The maximum atomic E-state index is 11.3. The number of aromatic carboxylic acids is 1. The molecule has 1 atom stereocenters. The molecule has 0 aromatic carbocycles. The van der Waals surface area contributed by atoms with E-state index in [1.165, 1.54) is 12.8 Å². The Morgan fingerprint density at radius 2 is 2.25 bits per heavy atom. The van der Waals surface area contributed by atoms with Gasteiger partial charge in [0, 0.05) is 18.8 Å². The normalized spacial score (nSPS) is 19.4. The summed E-state index contributed by atoms with van der Waals surface area (Å²) in [5, 5.41) is 9.27. The zero-order valence-electron chi connectivity index (χ0n) is 12.6. The molecule has 0 spiro atoms. The van der Waals surface area contributed by atoms with Crippen molar-refractivity contribution in [1.82, 2.24) is 4.98 Å². The van der Waals surface area contributed by atoms with E-state index in [4.69, 9.17) is 0 Å². The summed E-state index contributed by atoms with van der Waals surface area (Å²) in [6, 6.07) is 3.41. The molecular formula is C16H24N2O2. The van der Waals surface area contributed by atoms with E-state index in [1.54, 1.807) is 12.1 Å². The van der Waals surface area contributed by atoms with Gasteiger partial charge in [-0.2, -0.15) is 0 Å². The van der Waals surface area contributed by atoms with E-state index in [0.29, 0.717) is 11.5 Å². The summed E-state index contributed by atoms with van der Waals surface area (Å²) in [6.07, 6.45) is 3.60. The summed E-state index contributed by atoms with van der Waals surface area (Å²) in [4.78, 5) is 18.2. The van der Waals surface area contributed by atoms with Gasteiger partial charge in [-0.3, -0.25) is 0 Å². The Morgan fingerprint density at radius 3 is 2.85 bits per heavy atom. The summed E-state index contributed by atoms with van der Waals surface area (Å²) < 4.78 is 0. The number of aromatic nitrogens is 1. The lowest BCUT2D eigenvalue weighted by Gasteiger charge is -2.33.